The molecular weight excluding hydrogens is 357 g/mol. The minimum absolute atomic E-state index is 0.00640. The topological polar surface area (TPSA) is 166 Å². The lowest BCUT2D eigenvalue weighted by Gasteiger charge is -2.17. The zero-order chi connectivity index (χ0) is 18.6. The molecule has 1 aliphatic heterocycles. The Labute approximate surface area is 142 Å². The van der Waals surface area contributed by atoms with Crippen LogP contribution in [0.1, 0.15) is 18.2 Å². The zero-order valence-electron chi connectivity index (χ0n) is 13.2. The van der Waals surface area contributed by atoms with Crippen molar-refractivity contribution in [2.45, 2.75) is 24.9 Å². The summed E-state index contributed by atoms with van der Waals surface area (Å²) in [5, 5.41) is 10.00. The molecule has 25 heavy (non-hydrogen) atoms. The molecule has 1 fully saturated rings. The highest BCUT2D eigenvalue weighted by Gasteiger charge is 2.37. The fourth-order valence-corrected chi connectivity index (χ4v) is 2.63. The maximum absolute atomic E-state index is 12.0. The lowest BCUT2D eigenvalue weighted by Crippen LogP contribution is -2.33. The van der Waals surface area contributed by atoms with Crippen molar-refractivity contribution in [3.8, 4) is 11.8 Å². The third-order valence-corrected chi connectivity index (χ3v) is 4.38. The highest BCUT2D eigenvalue weighted by atomic mass is 31.2. The Kier molecular flexibility index (Phi) is 6.31. The van der Waals surface area contributed by atoms with Crippen LogP contribution in [-0.2, 0) is 18.3 Å². The van der Waals surface area contributed by atoms with Crippen LogP contribution in [-0.4, -0.2) is 52.0 Å². The predicted molar refractivity (Wildman–Crippen MR) is 84.6 cm³/mol. The van der Waals surface area contributed by atoms with Crippen LogP contribution in [0, 0.1) is 11.8 Å². The third-order valence-electron chi connectivity index (χ3n) is 3.44. The van der Waals surface area contributed by atoms with E-state index in [1.807, 2.05) is 0 Å². The van der Waals surface area contributed by atoms with E-state index in [1.165, 1.54) is 6.20 Å². The molecule has 2 unspecified atom stereocenters. The first-order valence-electron chi connectivity index (χ1n) is 7.18. The molecule has 0 aromatic carbocycles. The first-order chi connectivity index (χ1) is 11.8. The number of hydrogen-bond acceptors (Lipinski definition) is 8. The molecule has 0 saturated carbocycles. The summed E-state index contributed by atoms with van der Waals surface area (Å²) in [4.78, 5) is 35.0. The van der Waals surface area contributed by atoms with Crippen molar-refractivity contribution >= 4 is 7.82 Å². The number of rotatable bonds is 5. The second-order valence-corrected chi connectivity index (χ2v) is 6.65. The molecule has 1 aliphatic rings. The van der Waals surface area contributed by atoms with Gasteiger partial charge in [0.25, 0.3) is 5.56 Å². The van der Waals surface area contributed by atoms with E-state index in [2.05, 4.69) is 25.9 Å². The van der Waals surface area contributed by atoms with Crippen molar-refractivity contribution in [1.82, 2.24) is 9.55 Å². The number of hydrogen-bond donors (Lipinski definition) is 4. The molecule has 12 heteroatoms. The fourth-order valence-electron chi connectivity index (χ4n) is 2.19. The summed E-state index contributed by atoms with van der Waals surface area (Å²) >= 11 is 0. The van der Waals surface area contributed by atoms with Gasteiger partial charge in [0.05, 0.1) is 19.3 Å². The maximum Gasteiger partial charge on any atom is 0.472 e. The van der Waals surface area contributed by atoms with Gasteiger partial charge in [0.2, 0.25) is 0 Å². The van der Waals surface area contributed by atoms with Gasteiger partial charge in [-0.05, 0) is 0 Å². The molecule has 1 aromatic heterocycles. The fraction of sp³-hybridized carbons (Fsp3) is 0.538. The lowest BCUT2D eigenvalue weighted by molar-refractivity contribution is -0.0458. The molecule has 5 N–H and O–H groups in total. The van der Waals surface area contributed by atoms with Crippen LogP contribution in [0.25, 0.3) is 0 Å². The van der Waals surface area contributed by atoms with Gasteiger partial charge in [0.1, 0.15) is 17.9 Å². The summed E-state index contributed by atoms with van der Waals surface area (Å²) in [5.74, 6) is 5.03. The number of phosphoric acid groups is 1. The number of aromatic nitrogens is 2. The molecule has 2 heterocycles. The van der Waals surface area contributed by atoms with Gasteiger partial charge in [-0.15, -0.1) is 0 Å². The molecule has 11 nitrogen and oxygen atoms in total. The van der Waals surface area contributed by atoms with Crippen molar-refractivity contribution in [2.24, 2.45) is 5.73 Å². The Morgan fingerprint density at radius 1 is 1.56 bits per heavy atom. The molecule has 0 aliphatic carbocycles. The minimum Gasteiger partial charge on any atom is -0.390 e. The number of nitrogens with two attached hydrogens (primary N) is 1. The number of ether oxygens (including phenoxy) is 1. The van der Waals surface area contributed by atoms with Crippen molar-refractivity contribution in [1.29, 1.82) is 0 Å². The Morgan fingerprint density at radius 2 is 2.28 bits per heavy atom. The summed E-state index contributed by atoms with van der Waals surface area (Å²) in [6.45, 7) is -0.380. The highest BCUT2D eigenvalue weighted by Crippen LogP contribution is 2.43. The van der Waals surface area contributed by atoms with E-state index in [0.29, 0.717) is 0 Å². The SMILES string of the molecule is COP(=O)(O)OC[C@H]1O[C@@H](n2cc(C#CCN)c(=O)[nH]c2=O)CC1O. The van der Waals surface area contributed by atoms with Crippen LogP contribution in [0.5, 0.6) is 0 Å². The number of nitrogens with zero attached hydrogens (tertiary/aromatic N) is 1. The summed E-state index contributed by atoms with van der Waals surface area (Å²) in [6, 6.07) is 0. The highest BCUT2D eigenvalue weighted by molar-refractivity contribution is 7.47. The van der Waals surface area contributed by atoms with Crippen molar-refractivity contribution in [3.05, 3.63) is 32.6 Å². The van der Waals surface area contributed by atoms with Gasteiger partial charge in [-0.1, -0.05) is 11.8 Å². The smallest absolute Gasteiger partial charge is 0.390 e. The van der Waals surface area contributed by atoms with Crippen LogP contribution in [0.3, 0.4) is 0 Å². The average Bonchev–Trinajstić information content (AvgIpc) is 2.93. The molecular formula is C13H18N3O8P. The molecule has 0 spiro atoms. The van der Waals surface area contributed by atoms with E-state index in [-0.39, 0.29) is 18.5 Å². The van der Waals surface area contributed by atoms with E-state index in [0.717, 1.165) is 11.7 Å². The van der Waals surface area contributed by atoms with E-state index in [4.69, 9.17) is 10.5 Å². The first kappa shape index (κ1) is 19.6. The number of phosphoric ester groups is 1. The van der Waals surface area contributed by atoms with Gasteiger partial charge >= 0.3 is 13.5 Å². The molecule has 4 atom stereocenters. The maximum atomic E-state index is 12.0. The minimum atomic E-state index is -4.22. The van der Waals surface area contributed by atoms with Crippen LogP contribution >= 0.6 is 7.82 Å². The van der Waals surface area contributed by atoms with Gasteiger partial charge in [-0.3, -0.25) is 23.4 Å². The molecule has 138 valence electrons. The van der Waals surface area contributed by atoms with Crippen molar-refractivity contribution < 1.29 is 28.3 Å². The van der Waals surface area contributed by atoms with Gasteiger partial charge in [-0.2, -0.15) is 0 Å². The Morgan fingerprint density at radius 3 is 2.92 bits per heavy atom. The number of nitrogens with one attached hydrogen (secondary N) is 1. The van der Waals surface area contributed by atoms with Crippen LogP contribution < -0.4 is 17.0 Å². The van der Waals surface area contributed by atoms with Crippen LogP contribution in [0.15, 0.2) is 15.8 Å². The van der Waals surface area contributed by atoms with E-state index in [1.54, 1.807) is 0 Å². The zero-order valence-corrected chi connectivity index (χ0v) is 14.1. The Bertz CT molecular complexity index is 838. The normalized spacial score (nSPS) is 25.2. The molecule has 0 radical (unpaired) electrons. The van der Waals surface area contributed by atoms with Crippen molar-refractivity contribution in [2.75, 3.05) is 20.3 Å². The largest absolute Gasteiger partial charge is 0.472 e. The number of aromatic amines is 1. The van der Waals surface area contributed by atoms with Gasteiger partial charge in [0.15, 0.2) is 0 Å². The second kappa shape index (κ2) is 8.07. The standard InChI is InChI=1S/C13H18N3O8P/c1-22-25(20,21)23-7-10-9(17)5-11(24-10)16-6-8(3-2-4-14)12(18)15-13(16)19/h6,9-11,17H,4-5,7,14H2,1H3,(H,20,21)(H,15,18,19)/t9?,10-,11-/m1/s1. The monoisotopic (exact) mass is 375 g/mol. The number of aliphatic hydroxyl groups excluding tert-OH is 1. The lowest BCUT2D eigenvalue weighted by atomic mass is 10.2. The average molecular weight is 375 g/mol. The van der Waals surface area contributed by atoms with Crippen molar-refractivity contribution in [3.63, 3.8) is 0 Å². The second-order valence-electron chi connectivity index (χ2n) is 5.09. The quantitative estimate of drug-likeness (QED) is 0.345. The molecule has 1 aromatic rings. The summed E-state index contributed by atoms with van der Waals surface area (Å²) in [6.07, 6.45) is -1.72. The van der Waals surface area contributed by atoms with Crippen LogP contribution in [0.4, 0.5) is 0 Å². The summed E-state index contributed by atoms with van der Waals surface area (Å²) in [7, 11) is -3.22. The predicted octanol–water partition coefficient (Wildman–Crippen LogP) is -1.74. The first-order valence-corrected chi connectivity index (χ1v) is 8.68. The van der Waals surface area contributed by atoms with E-state index >= 15 is 0 Å². The van der Waals surface area contributed by atoms with Gasteiger partial charge in [0, 0.05) is 19.7 Å². The number of H-pyrrole nitrogens is 1. The summed E-state index contributed by atoms with van der Waals surface area (Å²) in [5.41, 5.74) is 3.86. The Hall–Kier alpha value is -1.77. The molecule has 0 bridgehead atoms. The molecule has 0 amide bonds. The van der Waals surface area contributed by atoms with E-state index < -0.39 is 44.1 Å². The Balaban J connectivity index is 2.19. The molecule has 1 saturated heterocycles. The number of aliphatic hydroxyl groups is 1. The molecule has 2 rings (SSSR count). The van der Waals surface area contributed by atoms with Crippen LogP contribution in [0.2, 0.25) is 0 Å². The summed E-state index contributed by atoms with van der Waals surface area (Å²) < 4.78 is 26.8. The van der Waals surface area contributed by atoms with Gasteiger partial charge in [-0.25, -0.2) is 9.36 Å². The van der Waals surface area contributed by atoms with E-state index in [9.17, 15) is 24.2 Å². The van der Waals surface area contributed by atoms with Gasteiger partial charge < -0.3 is 20.5 Å². The third kappa shape index (κ3) is 4.87.